The quantitative estimate of drug-likeness (QED) is 0.434. The van der Waals surface area contributed by atoms with Crippen molar-refractivity contribution in [2.24, 2.45) is 0 Å². The molecule has 2 heterocycles. The van der Waals surface area contributed by atoms with Crippen molar-refractivity contribution in [1.82, 2.24) is 4.98 Å². The van der Waals surface area contributed by atoms with Crippen LogP contribution in [0.1, 0.15) is 24.4 Å². The number of benzene rings is 3. The van der Waals surface area contributed by atoms with Crippen molar-refractivity contribution in [3.05, 3.63) is 83.4 Å². The van der Waals surface area contributed by atoms with Crippen molar-refractivity contribution in [3.63, 3.8) is 0 Å². The van der Waals surface area contributed by atoms with E-state index in [0.29, 0.717) is 23.5 Å². The van der Waals surface area contributed by atoms with Gasteiger partial charge in [-0.25, -0.2) is 4.98 Å². The van der Waals surface area contributed by atoms with Gasteiger partial charge in [-0.05, 0) is 49.7 Å². The highest BCUT2D eigenvalue weighted by molar-refractivity contribution is 7.18. The van der Waals surface area contributed by atoms with Crippen LogP contribution in [0.15, 0.2) is 72.8 Å². The standard InChI is InChI=1S/C26H23N3O3S/c1-16-24(30)29-20-14-18(12-13-21(20)32-16)27-25(31)26(2,17-8-4-3-5-9-17)15-23-28-19-10-6-7-11-22(19)33-23/h3-14,16H,15H2,1-2H3,(H,27,31)(H,29,30). The van der Waals surface area contributed by atoms with Crippen LogP contribution in [0.25, 0.3) is 10.2 Å². The zero-order valence-corrected chi connectivity index (χ0v) is 19.1. The number of thiazole rings is 1. The third kappa shape index (κ3) is 4.07. The monoisotopic (exact) mass is 457 g/mol. The van der Waals surface area contributed by atoms with Crippen LogP contribution >= 0.6 is 11.3 Å². The summed E-state index contributed by atoms with van der Waals surface area (Å²) in [6, 6.07) is 23.0. The van der Waals surface area contributed by atoms with E-state index in [1.54, 1.807) is 36.5 Å². The van der Waals surface area contributed by atoms with Crippen molar-refractivity contribution in [1.29, 1.82) is 0 Å². The zero-order valence-electron chi connectivity index (χ0n) is 18.3. The lowest BCUT2D eigenvalue weighted by Crippen LogP contribution is -2.39. The van der Waals surface area contributed by atoms with Gasteiger partial charge in [0.2, 0.25) is 5.91 Å². The Hall–Kier alpha value is -3.71. The summed E-state index contributed by atoms with van der Waals surface area (Å²) in [4.78, 5) is 30.4. The van der Waals surface area contributed by atoms with E-state index in [1.807, 2.05) is 61.5 Å². The Morgan fingerprint density at radius 2 is 1.88 bits per heavy atom. The van der Waals surface area contributed by atoms with Crippen LogP contribution in [0.2, 0.25) is 0 Å². The van der Waals surface area contributed by atoms with Crippen molar-refractivity contribution in [2.45, 2.75) is 31.8 Å². The number of nitrogens with one attached hydrogen (secondary N) is 2. The van der Waals surface area contributed by atoms with E-state index in [9.17, 15) is 9.59 Å². The van der Waals surface area contributed by atoms with E-state index < -0.39 is 11.5 Å². The van der Waals surface area contributed by atoms with Gasteiger partial charge >= 0.3 is 0 Å². The number of ether oxygens (including phenoxy) is 1. The molecule has 0 saturated carbocycles. The highest BCUT2D eigenvalue weighted by Crippen LogP contribution is 2.35. The number of rotatable bonds is 5. The van der Waals surface area contributed by atoms with Crippen molar-refractivity contribution < 1.29 is 14.3 Å². The minimum Gasteiger partial charge on any atom is -0.479 e. The Morgan fingerprint density at radius 3 is 2.67 bits per heavy atom. The highest BCUT2D eigenvalue weighted by Gasteiger charge is 2.37. The summed E-state index contributed by atoms with van der Waals surface area (Å²) < 4.78 is 6.72. The van der Waals surface area contributed by atoms with Crippen LogP contribution < -0.4 is 15.4 Å². The molecule has 0 fully saturated rings. The van der Waals surface area contributed by atoms with E-state index in [4.69, 9.17) is 9.72 Å². The van der Waals surface area contributed by atoms with Gasteiger partial charge in [-0.2, -0.15) is 0 Å². The molecule has 1 aliphatic heterocycles. The second-order valence-corrected chi connectivity index (χ2v) is 9.48. The summed E-state index contributed by atoms with van der Waals surface area (Å²) in [7, 11) is 0. The number of aromatic nitrogens is 1. The van der Waals surface area contributed by atoms with Crippen LogP contribution in [0.3, 0.4) is 0 Å². The van der Waals surface area contributed by atoms with E-state index in [2.05, 4.69) is 10.6 Å². The molecule has 7 heteroatoms. The lowest BCUT2D eigenvalue weighted by Gasteiger charge is -2.29. The third-order valence-electron chi connectivity index (χ3n) is 5.92. The second kappa shape index (κ2) is 8.33. The lowest BCUT2D eigenvalue weighted by atomic mass is 9.78. The Bertz CT molecular complexity index is 1320. The van der Waals surface area contributed by atoms with Gasteiger partial charge in [-0.1, -0.05) is 42.5 Å². The summed E-state index contributed by atoms with van der Waals surface area (Å²) in [5, 5.41) is 6.77. The van der Waals surface area contributed by atoms with Crippen LogP contribution in [0, 0.1) is 0 Å². The second-order valence-electron chi connectivity index (χ2n) is 8.36. The molecule has 1 aromatic heterocycles. The zero-order chi connectivity index (χ0) is 23.0. The summed E-state index contributed by atoms with van der Waals surface area (Å²) >= 11 is 1.61. The Labute approximate surface area is 195 Å². The van der Waals surface area contributed by atoms with Gasteiger partial charge < -0.3 is 15.4 Å². The normalized spacial score (nSPS) is 16.9. The number of hydrogen-bond acceptors (Lipinski definition) is 5. The number of hydrogen-bond donors (Lipinski definition) is 2. The fourth-order valence-electron chi connectivity index (χ4n) is 3.97. The number of para-hydroxylation sites is 1. The first-order valence-electron chi connectivity index (χ1n) is 10.8. The molecule has 2 N–H and O–H groups in total. The molecule has 4 aromatic rings. The third-order valence-corrected chi connectivity index (χ3v) is 6.96. The molecular formula is C26H23N3O3S. The summed E-state index contributed by atoms with van der Waals surface area (Å²) in [6.45, 7) is 3.63. The Kier molecular flexibility index (Phi) is 5.34. The SMILES string of the molecule is CC1Oc2ccc(NC(=O)C(C)(Cc3nc4ccccc4s3)c3ccccc3)cc2NC1=O. The first kappa shape index (κ1) is 21.2. The Balaban J connectivity index is 1.46. The molecule has 0 saturated heterocycles. The molecule has 6 nitrogen and oxygen atoms in total. The minimum atomic E-state index is -0.848. The molecular weight excluding hydrogens is 434 g/mol. The fraction of sp³-hybridized carbons (Fsp3) is 0.192. The Morgan fingerprint density at radius 1 is 1.12 bits per heavy atom. The van der Waals surface area contributed by atoms with Gasteiger partial charge in [0.25, 0.3) is 5.91 Å². The number of nitrogens with zero attached hydrogens (tertiary/aromatic N) is 1. The van der Waals surface area contributed by atoms with E-state index >= 15 is 0 Å². The van der Waals surface area contributed by atoms with Gasteiger partial charge in [-0.3, -0.25) is 9.59 Å². The molecule has 166 valence electrons. The first-order chi connectivity index (χ1) is 15.9. The number of amides is 2. The van der Waals surface area contributed by atoms with Crippen LogP contribution in [0.4, 0.5) is 11.4 Å². The van der Waals surface area contributed by atoms with E-state index in [-0.39, 0.29) is 11.8 Å². The fourth-order valence-corrected chi connectivity index (χ4v) is 5.10. The number of fused-ring (bicyclic) bond motifs is 2. The molecule has 2 atom stereocenters. The molecule has 0 radical (unpaired) electrons. The molecule has 5 rings (SSSR count). The van der Waals surface area contributed by atoms with Crippen molar-refractivity contribution in [2.75, 3.05) is 10.6 Å². The molecule has 33 heavy (non-hydrogen) atoms. The molecule has 1 aliphatic rings. The maximum Gasteiger partial charge on any atom is 0.265 e. The van der Waals surface area contributed by atoms with Gasteiger partial charge in [0, 0.05) is 12.1 Å². The lowest BCUT2D eigenvalue weighted by molar-refractivity contribution is -0.122. The summed E-state index contributed by atoms with van der Waals surface area (Å²) in [5.41, 5.74) is 2.13. The minimum absolute atomic E-state index is 0.149. The number of anilines is 2. The summed E-state index contributed by atoms with van der Waals surface area (Å²) in [5.74, 6) is 0.223. The molecule has 0 aliphatic carbocycles. The van der Waals surface area contributed by atoms with Crippen LogP contribution in [-0.4, -0.2) is 22.9 Å². The van der Waals surface area contributed by atoms with Crippen LogP contribution in [0.5, 0.6) is 5.75 Å². The molecule has 2 unspecified atom stereocenters. The van der Waals surface area contributed by atoms with Gasteiger partial charge in [0.15, 0.2) is 6.10 Å². The largest absolute Gasteiger partial charge is 0.479 e. The van der Waals surface area contributed by atoms with Gasteiger partial charge in [0.1, 0.15) is 5.75 Å². The maximum absolute atomic E-state index is 13.7. The van der Waals surface area contributed by atoms with E-state index in [1.165, 1.54) is 0 Å². The van der Waals surface area contributed by atoms with E-state index in [0.717, 1.165) is 20.8 Å². The molecule has 3 aromatic carbocycles. The topological polar surface area (TPSA) is 80.3 Å². The molecule has 0 bridgehead atoms. The maximum atomic E-state index is 13.7. The number of carbonyl (C=O) groups excluding carboxylic acids is 2. The predicted molar refractivity (Wildman–Crippen MR) is 131 cm³/mol. The van der Waals surface area contributed by atoms with Crippen LogP contribution in [-0.2, 0) is 21.4 Å². The smallest absolute Gasteiger partial charge is 0.265 e. The van der Waals surface area contributed by atoms with Crippen molar-refractivity contribution in [3.8, 4) is 5.75 Å². The predicted octanol–water partition coefficient (Wildman–Crippen LogP) is 5.15. The van der Waals surface area contributed by atoms with Gasteiger partial charge in [0.05, 0.1) is 26.3 Å². The summed E-state index contributed by atoms with van der Waals surface area (Å²) in [6.07, 6.45) is -0.0852. The average Bonchev–Trinajstić information content (AvgIpc) is 3.22. The first-order valence-corrected chi connectivity index (χ1v) is 11.6. The van der Waals surface area contributed by atoms with Gasteiger partial charge in [-0.15, -0.1) is 11.3 Å². The average molecular weight is 458 g/mol. The molecule has 0 spiro atoms. The number of carbonyl (C=O) groups is 2. The molecule has 2 amide bonds. The van der Waals surface area contributed by atoms with Crippen molar-refractivity contribution >= 4 is 44.7 Å². The highest BCUT2D eigenvalue weighted by atomic mass is 32.1.